The van der Waals surface area contributed by atoms with Gasteiger partial charge in [-0.1, -0.05) is 36.4 Å². The molecule has 0 unspecified atom stereocenters. The molecule has 0 aliphatic carbocycles. The van der Waals surface area contributed by atoms with Crippen LogP contribution in [0.2, 0.25) is 0 Å². The highest BCUT2D eigenvalue weighted by Gasteiger charge is 2.05. The Hall–Kier alpha value is -1.48. The molecule has 0 saturated carbocycles. The molecule has 0 fully saturated rings. The molecule has 0 aliphatic rings. The van der Waals surface area contributed by atoms with Gasteiger partial charge in [0.1, 0.15) is 5.82 Å². The van der Waals surface area contributed by atoms with Crippen molar-refractivity contribution in [2.45, 2.75) is 18.4 Å². The molecular weight excluding hydrogens is 245 g/mol. The van der Waals surface area contributed by atoms with E-state index in [4.69, 9.17) is 5.73 Å². The van der Waals surface area contributed by atoms with Crippen molar-refractivity contribution in [1.29, 1.82) is 0 Å². The third-order valence-corrected chi connectivity index (χ3v) is 3.92. The van der Waals surface area contributed by atoms with Crippen LogP contribution in [0.25, 0.3) is 0 Å². The third-order valence-electron chi connectivity index (χ3n) is 2.88. The van der Waals surface area contributed by atoms with E-state index in [-0.39, 0.29) is 11.5 Å². The minimum absolute atomic E-state index is 0.226. The highest BCUT2D eigenvalue weighted by atomic mass is 32.2. The summed E-state index contributed by atoms with van der Waals surface area (Å²) >= 11 is 1.70. The number of thioether (sulfide) groups is 1. The summed E-state index contributed by atoms with van der Waals surface area (Å²) in [6, 6.07) is 13.4. The number of rotatable bonds is 4. The molecule has 0 aromatic heterocycles. The molecule has 2 N–H and O–H groups in total. The predicted molar refractivity (Wildman–Crippen MR) is 77.0 cm³/mol. The Balaban J connectivity index is 1.97. The van der Waals surface area contributed by atoms with E-state index < -0.39 is 0 Å². The Bertz CT molecular complexity index is 540. The van der Waals surface area contributed by atoms with Crippen molar-refractivity contribution in [3.05, 3.63) is 65.0 Å². The van der Waals surface area contributed by atoms with E-state index in [1.54, 1.807) is 30.0 Å². The van der Waals surface area contributed by atoms with Crippen LogP contribution in [0.3, 0.4) is 0 Å². The highest BCUT2D eigenvalue weighted by molar-refractivity contribution is 7.97. The summed E-state index contributed by atoms with van der Waals surface area (Å²) in [6.45, 7) is 2.09. The second kappa shape index (κ2) is 5.91. The molecule has 2 rings (SSSR count). The van der Waals surface area contributed by atoms with Gasteiger partial charge in [-0.25, -0.2) is 4.39 Å². The second-order valence-corrected chi connectivity index (χ2v) is 5.23. The van der Waals surface area contributed by atoms with E-state index in [1.807, 2.05) is 12.1 Å². The third kappa shape index (κ3) is 3.05. The number of hydrogen-bond donors (Lipinski definition) is 1. The zero-order chi connectivity index (χ0) is 13.0. The van der Waals surface area contributed by atoms with Crippen molar-refractivity contribution >= 4 is 17.4 Å². The molecule has 3 heteroatoms. The fourth-order valence-electron chi connectivity index (χ4n) is 1.75. The molecule has 0 amide bonds. The van der Waals surface area contributed by atoms with E-state index in [9.17, 15) is 4.39 Å². The van der Waals surface area contributed by atoms with Gasteiger partial charge in [0.2, 0.25) is 0 Å². The van der Waals surface area contributed by atoms with Crippen molar-refractivity contribution in [1.82, 2.24) is 0 Å². The van der Waals surface area contributed by atoms with Gasteiger partial charge in [0.05, 0.1) is 5.69 Å². The van der Waals surface area contributed by atoms with Gasteiger partial charge in [0, 0.05) is 11.5 Å². The predicted octanol–water partition coefficient (Wildman–Crippen LogP) is 4.15. The van der Waals surface area contributed by atoms with Gasteiger partial charge >= 0.3 is 0 Å². The van der Waals surface area contributed by atoms with E-state index in [0.717, 1.165) is 5.75 Å². The van der Waals surface area contributed by atoms with Crippen LogP contribution in [0.1, 0.15) is 16.7 Å². The fraction of sp³-hybridized carbons (Fsp3) is 0.200. The first-order valence-corrected chi connectivity index (χ1v) is 6.99. The molecular formula is C15H16FNS. The smallest absolute Gasteiger partial charge is 0.150 e. The number of hydrogen-bond acceptors (Lipinski definition) is 2. The van der Waals surface area contributed by atoms with Crippen LogP contribution in [0.5, 0.6) is 0 Å². The molecule has 2 aromatic carbocycles. The summed E-state index contributed by atoms with van der Waals surface area (Å²) < 4.78 is 13.7. The Kier molecular flexibility index (Phi) is 4.26. The van der Waals surface area contributed by atoms with Crippen molar-refractivity contribution in [3.63, 3.8) is 0 Å². The van der Waals surface area contributed by atoms with Crippen LogP contribution in [0.4, 0.5) is 10.1 Å². The Morgan fingerprint density at radius 3 is 2.44 bits per heavy atom. The maximum atomic E-state index is 13.7. The maximum Gasteiger partial charge on any atom is 0.150 e. The van der Waals surface area contributed by atoms with Crippen LogP contribution in [0.15, 0.2) is 42.5 Å². The SMILES string of the molecule is Cc1ccccc1CSCc1cccc(N)c1F. The summed E-state index contributed by atoms with van der Waals surface area (Å²) in [7, 11) is 0. The number of nitrogens with two attached hydrogens (primary N) is 1. The highest BCUT2D eigenvalue weighted by Crippen LogP contribution is 2.23. The van der Waals surface area contributed by atoms with Crippen molar-refractivity contribution in [2.24, 2.45) is 0 Å². The Morgan fingerprint density at radius 2 is 1.67 bits per heavy atom. The van der Waals surface area contributed by atoms with Crippen LogP contribution < -0.4 is 5.73 Å². The first-order valence-electron chi connectivity index (χ1n) is 5.83. The molecule has 0 saturated heterocycles. The van der Waals surface area contributed by atoms with Crippen molar-refractivity contribution < 1.29 is 4.39 Å². The molecule has 0 spiro atoms. The van der Waals surface area contributed by atoms with E-state index in [0.29, 0.717) is 11.3 Å². The molecule has 2 aromatic rings. The molecule has 0 atom stereocenters. The van der Waals surface area contributed by atoms with E-state index in [1.165, 1.54) is 11.1 Å². The van der Waals surface area contributed by atoms with Crippen LogP contribution in [-0.4, -0.2) is 0 Å². The fourth-order valence-corrected chi connectivity index (χ4v) is 2.84. The molecule has 18 heavy (non-hydrogen) atoms. The largest absolute Gasteiger partial charge is 0.396 e. The zero-order valence-electron chi connectivity index (χ0n) is 10.3. The standard InChI is InChI=1S/C15H16FNS/c1-11-5-2-3-6-12(11)9-18-10-13-7-4-8-14(17)15(13)16/h2-8H,9-10,17H2,1H3. The molecule has 0 aliphatic heterocycles. The number of aryl methyl sites for hydroxylation is 1. The average molecular weight is 261 g/mol. The lowest BCUT2D eigenvalue weighted by Gasteiger charge is -2.07. The second-order valence-electron chi connectivity index (χ2n) is 4.24. The van der Waals surface area contributed by atoms with Crippen molar-refractivity contribution in [2.75, 3.05) is 5.73 Å². The van der Waals surface area contributed by atoms with E-state index >= 15 is 0 Å². The normalized spacial score (nSPS) is 10.6. The van der Waals surface area contributed by atoms with Gasteiger partial charge in [0.25, 0.3) is 0 Å². The van der Waals surface area contributed by atoms with E-state index in [2.05, 4.69) is 19.1 Å². The summed E-state index contributed by atoms with van der Waals surface area (Å²) in [5, 5.41) is 0. The number of anilines is 1. The van der Waals surface area contributed by atoms with Crippen molar-refractivity contribution in [3.8, 4) is 0 Å². The van der Waals surface area contributed by atoms with Crippen LogP contribution in [0, 0.1) is 12.7 Å². The topological polar surface area (TPSA) is 26.0 Å². The lowest BCUT2D eigenvalue weighted by molar-refractivity contribution is 0.622. The Morgan fingerprint density at radius 1 is 1.00 bits per heavy atom. The lowest BCUT2D eigenvalue weighted by Crippen LogP contribution is -1.95. The van der Waals surface area contributed by atoms with Gasteiger partial charge < -0.3 is 5.73 Å². The molecule has 0 heterocycles. The van der Waals surface area contributed by atoms with Crippen LogP contribution in [-0.2, 0) is 11.5 Å². The van der Waals surface area contributed by atoms with Gasteiger partial charge in [0.15, 0.2) is 0 Å². The molecule has 0 radical (unpaired) electrons. The number of benzene rings is 2. The molecule has 94 valence electrons. The monoisotopic (exact) mass is 261 g/mol. The summed E-state index contributed by atoms with van der Waals surface area (Å²) in [5.41, 5.74) is 9.02. The zero-order valence-corrected chi connectivity index (χ0v) is 11.1. The number of nitrogen functional groups attached to an aromatic ring is 1. The summed E-state index contributed by atoms with van der Waals surface area (Å²) in [4.78, 5) is 0. The minimum atomic E-state index is -0.283. The van der Waals surface area contributed by atoms with Gasteiger partial charge in [-0.05, 0) is 29.7 Å². The number of halogens is 1. The summed E-state index contributed by atoms with van der Waals surface area (Å²) in [6.07, 6.45) is 0. The van der Waals surface area contributed by atoms with Crippen LogP contribution >= 0.6 is 11.8 Å². The Labute approximate surface area is 111 Å². The maximum absolute atomic E-state index is 13.7. The quantitative estimate of drug-likeness (QED) is 0.837. The average Bonchev–Trinajstić information content (AvgIpc) is 2.37. The van der Waals surface area contributed by atoms with Gasteiger partial charge in [-0.2, -0.15) is 11.8 Å². The van der Waals surface area contributed by atoms with Gasteiger partial charge in [-0.15, -0.1) is 0 Å². The lowest BCUT2D eigenvalue weighted by atomic mass is 10.1. The van der Waals surface area contributed by atoms with Gasteiger partial charge in [-0.3, -0.25) is 0 Å². The first-order chi connectivity index (χ1) is 8.68. The molecule has 0 bridgehead atoms. The first kappa shape index (κ1) is 13.0. The summed E-state index contributed by atoms with van der Waals surface area (Å²) in [5.74, 6) is 1.25. The minimum Gasteiger partial charge on any atom is -0.396 e. The molecule has 1 nitrogen and oxygen atoms in total.